The number of carboxylic acids is 1. The standard InChI is InChI=1S/C35H34FN3O3S/c1-21-6-5-17-38(21)31(40)20-39-29-19-30(35(41)42)43-34(29)32(23-7-3-2-4-8-23)33(39)25-12-16-28-24(18-25)11-15-27(37-28)22-9-13-26(36)14-10-22/h9-16,18-19,21,23H,2-8,17,20H2,1H3,(H,41,42). The molecule has 1 N–H and O–H groups in total. The molecule has 1 amide bonds. The fraction of sp³-hybridized carbons (Fsp3) is 0.343. The van der Waals surface area contributed by atoms with Gasteiger partial charge < -0.3 is 14.6 Å². The van der Waals surface area contributed by atoms with Gasteiger partial charge in [0.2, 0.25) is 5.91 Å². The molecule has 8 heteroatoms. The van der Waals surface area contributed by atoms with E-state index >= 15 is 0 Å². The molecule has 220 valence electrons. The number of amides is 1. The van der Waals surface area contributed by atoms with E-state index in [1.807, 2.05) is 23.1 Å². The van der Waals surface area contributed by atoms with Crippen molar-refractivity contribution in [3.8, 4) is 22.5 Å². The number of aromatic carboxylic acids is 1. The largest absolute Gasteiger partial charge is 0.477 e. The van der Waals surface area contributed by atoms with Crippen LogP contribution in [0.4, 0.5) is 4.39 Å². The summed E-state index contributed by atoms with van der Waals surface area (Å²) in [6, 6.07) is 18.5. The number of nitrogens with zero attached hydrogens (tertiary/aromatic N) is 3. The lowest BCUT2D eigenvalue weighted by Gasteiger charge is -2.25. The van der Waals surface area contributed by atoms with Gasteiger partial charge >= 0.3 is 5.97 Å². The van der Waals surface area contributed by atoms with E-state index in [0.717, 1.165) is 88.7 Å². The zero-order chi connectivity index (χ0) is 29.7. The third-order valence-electron chi connectivity index (χ3n) is 9.27. The number of halogens is 1. The summed E-state index contributed by atoms with van der Waals surface area (Å²) in [6.45, 7) is 3.05. The maximum atomic E-state index is 13.7. The summed E-state index contributed by atoms with van der Waals surface area (Å²) in [6.07, 6.45) is 7.63. The topological polar surface area (TPSA) is 75.4 Å². The second-order valence-corrected chi connectivity index (χ2v) is 13.1. The predicted octanol–water partition coefficient (Wildman–Crippen LogP) is 8.48. The van der Waals surface area contributed by atoms with Crippen molar-refractivity contribution < 1.29 is 19.1 Å². The first-order valence-electron chi connectivity index (χ1n) is 15.2. The normalized spacial score (nSPS) is 17.7. The molecule has 0 spiro atoms. The Balaban J connectivity index is 1.39. The Labute approximate surface area is 253 Å². The Hall–Kier alpha value is -4.04. The van der Waals surface area contributed by atoms with E-state index in [4.69, 9.17) is 4.98 Å². The number of pyridine rings is 1. The molecule has 3 aromatic heterocycles. The fourth-order valence-corrected chi connectivity index (χ4v) is 8.21. The number of rotatable bonds is 6. The minimum absolute atomic E-state index is 0.0767. The summed E-state index contributed by atoms with van der Waals surface area (Å²) in [5.74, 6) is -0.827. The molecule has 2 fully saturated rings. The number of hydrogen-bond acceptors (Lipinski definition) is 4. The lowest BCUT2D eigenvalue weighted by Crippen LogP contribution is -2.36. The average Bonchev–Trinajstić information content (AvgIpc) is 3.72. The van der Waals surface area contributed by atoms with Crippen molar-refractivity contribution in [2.75, 3.05) is 6.54 Å². The third-order valence-corrected chi connectivity index (χ3v) is 10.4. The summed E-state index contributed by atoms with van der Waals surface area (Å²) in [7, 11) is 0. The van der Waals surface area contributed by atoms with E-state index in [-0.39, 0.29) is 24.3 Å². The van der Waals surface area contributed by atoms with E-state index in [1.165, 1.54) is 35.5 Å². The quantitative estimate of drug-likeness (QED) is 0.214. The molecule has 4 heterocycles. The predicted molar refractivity (Wildman–Crippen MR) is 169 cm³/mol. The summed E-state index contributed by atoms with van der Waals surface area (Å²) >= 11 is 1.34. The highest BCUT2D eigenvalue weighted by Gasteiger charge is 2.32. The maximum Gasteiger partial charge on any atom is 0.345 e. The van der Waals surface area contributed by atoms with Crippen molar-refractivity contribution in [1.82, 2.24) is 14.5 Å². The number of carbonyl (C=O) groups is 2. The SMILES string of the molecule is CC1CCCN1C(=O)Cn1c(-c2ccc3nc(-c4ccc(F)cc4)ccc3c2)c(C2CCCCC2)c2sc(C(=O)O)cc21. The molecule has 1 saturated heterocycles. The number of carbonyl (C=O) groups excluding carboxylic acids is 1. The summed E-state index contributed by atoms with van der Waals surface area (Å²) < 4.78 is 16.6. The molecule has 1 atom stereocenters. The second kappa shape index (κ2) is 11.2. The van der Waals surface area contributed by atoms with Gasteiger partial charge in [0.15, 0.2) is 0 Å². The highest BCUT2D eigenvalue weighted by Crippen LogP contribution is 2.47. The second-order valence-electron chi connectivity index (χ2n) is 12.0. The molecular weight excluding hydrogens is 561 g/mol. The summed E-state index contributed by atoms with van der Waals surface area (Å²) in [5.41, 5.74) is 6.51. The van der Waals surface area contributed by atoms with Gasteiger partial charge in [0, 0.05) is 23.5 Å². The minimum Gasteiger partial charge on any atom is -0.477 e. The fourth-order valence-electron chi connectivity index (χ4n) is 7.08. The molecule has 0 bridgehead atoms. The van der Waals surface area contributed by atoms with Crippen molar-refractivity contribution in [1.29, 1.82) is 0 Å². The van der Waals surface area contributed by atoms with Crippen molar-refractivity contribution in [3.05, 3.63) is 76.9 Å². The zero-order valence-electron chi connectivity index (χ0n) is 24.2. The number of fused-ring (bicyclic) bond motifs is 2. The maximum absolute atomic E-state index is 13.7. The van der Waals surface area contributed by atoms with E-state index in [0.29, 0.717) is 10.8 Å². The number of thiophene rings is 1. The van der Waals surface area contributed by atoms with Crippen LogP contribution in [-0.2, 0) is 11.3 Å². The monoisotopic (exact) mass is 595 g/mol. The Morgan fingerprint density at radius 3 is 2.44 bits per heavy atom. The molecular formula is C35H34FN3O3S. The number of aromatic nitrogens is 2. The Kier molecular flexibility index (Phi) is 7.25. The van der Waals surface area contributed by atoms with Gasteiger partial charge in [0.1, 0.15) is 17.2 Å². The number of benzene rings is 2. The van der Waals surface area contributed by atoms with Crippen molar-refractivity contribution >= 4 is 44.3 Å². The van der Waals surface area contributed by atoms with Crippen molar-refractivity contribution in [2.45, 2.75) is 70.4 Å². The first-order valence-corrected chi connectivity index (χ1v) is 16.0. The summed E-state index contributed by atoms with van der Waals surface area (Å²) in [4.78, 5) is 33.0. The Bertz CT molecular complexity index is 1850. The van der Waals surface area contributed by atoms with Crippen LogP contribution in [0.5, 0.6) is 0 Å². The van der Waals surface area contributed by atoms with Crippen LogP contribution in [0.25, 0.3) is 43.6 Å². The average molecular weight is 596 g/mol. The lowest BCUT2D eigenvalue weighted by atomic mass is 9.83. The van der Waals surface area contributed by atoms with Crippen LogP contribution >= 0.6 is 11.3 Å². The van der Waals surface area contributed by atoms with Crippen LogP contribution in [0.2, 0.25) is 0 Å². The highest BCUT2D eigenvalue weighted by atomic mass is 32.1. The van der Waals surface area contributed by atoms with Gasteiger partial charge in [-0.05, 0) is 98.2 Å². The lowest BCUT2D eigenvalue weighted by molar-refractivity contribution is -0.132. The number of likely N-dealkylation sites (tertiary alicyclic amines) is 1. The molecule has 0 radical (unpaired) electrons. The molecule has 6 nitrogen and oxygen atoms in total. The van der Waals surface area contributed by atoms with Gasteiger partial charge in [-0.2, -0.15) is 0 Å². The van der Waals surface area contributed by atoms with Crippen LogP contribution in [0.3, 0.4) is 0 Å². The molecule has 2 aromatic carbocycles. The van der Waals surface area contributed by atoms with E-state index < -0.39 is 5.97 Å². The highest BCUT2D eigenvalue weighted by molar-refractivity contribution is 7.21. The minimum atomic E-state index is -0.933. The molecule has 1 aliphatic heterocycles. The smallest absolute Gasteiger partial charge is 0.345 e. The molecule has 1 aliphatic carbocycles. The molecule has 43 heavy (non-hydrogen) atoms. The van der Waals surface area contributed by atoms with Gasteiger partial charge in [-0.15, -0.1) is 11.3 Å². The third kappa shape index (κ3) is 5.12. The molecule has 2 aliphatic rings. The zero-order valence-corrected chi connectivity index (χ0v) is 25.0. The van der Waals surface area contributed by atoms with Crippen LogP contribution in [0.15, 0.2) is 60.7 Å². The van der Waals surface area contributed by atoms with Gasteiger partial charge in [-0.25, -0.2) is 14.2 Å². The van der Waals surface area contributed by atoms with Gasteiger partial charge in [-0.3, -0.25) is 4.79 Å². The Morgan fingerprint density at radius 2 is 1.72 bits per heavy atom. The molecule has 1 saturated carbocycles. The first-order chi connectivity index (χ1) is 20.9. The molecule has 1 unspecified atom stereocenters. The van der Waals surface area contributed by atoms with Crippen LogP contribution < -0.4 is 0 Å². The Morgan fingerprint density at radius 1 is 0.953 bits per heavy atom. The van der Waals surface area contributed by atoms with Crippen LogP contribution in [0.1, 0.15) is 73.0 Å². The van der Waals surface area contributed by atoms with E-state index in [9.17, 15) is 19.1 Å². The van der Waals surface area contributed by atoms with Gasteiger partial charge in [0.05, 0.1) is 27.1 Å². The van der Waals surface area contributed by atoms with Crippen LogP contribution in [-0.4, -0.2) is 44.0 Å². The van der Waals surface area contributed by atoms with E-state index in [2.05, 4.69) is 23.6 Å². The van der Waals surface area contributed by atoms with Crippen molar-refractivity contribution in [3.63, 3.8) is 0 Å². The first kappa shape index (κ1) is 27.8. The molecule has 5 aromatic rings. The van der Waals surface area contributed by atoms with Crippen LogP contribution in [0, 0.1) is 5.82 Å². The van der Waals surface area contributed by atoms with E-state index in [1.54, 1.807) is 18.2 Å². The van der Waals surface area contributed by atoms with Crippen molar-refractivity contribution in [2.24, 2.45) is 0 Å². The number of hydrogen-bond donors (Lipinski definition) is 1. The summed E-state index contributed by atoms with van der Waals surface area (Å²) in [5, 5.41) is 10.9. The van der Waals surface area contributed by atoms with Gasteiger partial charge in [-0.1, -0.05) is 31.4 Å². The van der Waals surface area contributed by atoms with Gasteiger partial charge in [0.25, 0.3) is 0 Å². The number of carboxylic acid groups (broad SMARTS) is 1. The molecule has 7 rings (SSSR count).